The van der Waals surface area contributed by atoms with Crippen LogP contribution in [-0.2, 0) is 0 Å². The molecule has 0 amide bonds. The van der Waals surface area contributed by atoms with Gasteiger partial charge in [-0.25, -0.2) is 0 Å². The summed E-state index contributed by atoms with van der Waals surface area (Å²) in [6.07, 6.45) is 3.40. The molecule has 0 aliphatic heterocycles. The van der Waals surface area contributed by atoms with E-state index in [-0.39, 0.29) is 5.66 Å². The second-order valence-electron chi connectivity index (χ2n) is 2.91. The van der Waals surface area contributed by atoms with Crippen molar-refractivity contribution < 1.29 is 0 Å². The first-order valence-electron chi connectivity index (χ1n) is 3.21. The van der Waals surface area contributed by atoms with E-state index in [0.717, 1.165) is 6.42 Å². The van der Waals surface area contributed by atoms with E-state index in [1.165, 1.54) is 12.8 Å². The predicted octanol–water partition coefficient (Wildman–Crippen LogP) is 0.420. The first-order valence-corrected chi connectivity index (χ1v) is 3.21. The molecule has 1 aliphatic rings. The molecule has 1 fully saturated rings. The van der Waals surface area contributed by atoms with Crippen molar-refractivity contribution in [2.75, 3.05) is 0 Å². The first kappa shape index (κ1) is 6.05. The van der Waals surface area contributed by atoms with Crippen LogP contribution in [0.2, 0.25) is 0 Å². The smallest absolute Gasteiger partial charge is 0.0662 e. The van der Waals surface area contributed by atoms with Gasteiger partial charge in [-0.15, -0.1) is 0 Å². The van der Waals surface area contributed by atoms with Crippen LogP contribution in [0.5, 0.6) is 0 Å². The molecule has 0 saturated heterocycles. The predicted molar refractivity (Wildman–Crippen MR) is 34.1 cm³/mol. The molecule has 0 aromatic rings. The quantitative estimate of drug-likeness (QED) is 0.448. The third-order valence-corrected chi connectivity index (χ3v) is 2.16. The van der Waals surface area contributed by atoms with Crippen molar-refractivity contribution in [2.24, 2.45) is 17.4 Å². The molecule has 1 rings (SSSR count). The van der Waals surface area contributed by atoms with Gasteiger partial charge < -0.3 is 11.5 Å². The van der Waals surface area contributed by atoms with Crippen LogP contribution < -0.4 is 11.5 Å². The zero-order valence-corrected chi connectivity index (χ0v) is 5.35. The van der Waals surface area contributed by atoms with Gasteiger partial charge in [0.2, 0.25) is 0 Å². The topological polar surface area (TPSA) is 52.0 Å². The van der Waals surface area contributed by atoms with Crippen LogP contribution in [-0.4, -0.2) is 5.66 Å². The van der Waals surface area contributed by atoms with E-state index in [1.807, 2.05) is 0 Å². The van der Waals surface area contributed by atoms with Crippen LogP contribution in [0.15, 0.2) is 0 Å². The van der Waals surface area contributed by atoms with Gasteiger partial charge in [0, 0.05) is 0 Å². The highest BCUT2D eigenvalue weighted by atomic mass is 15.0. The van der Waals surface area contributed by atoms with E-state index >= 15 is 0 Å². The summed E-state index contributed by atoms with van der Waals surface area (Å²) in [6.45, 7) is 2.12. The lowest BCUT2D eigenvalue weighted by molar-refractivity contribution is 0.351. The highest BCUT2D eigenvalue weighted by Crippen LogP contribution is 2.28. The van der Waals surface area contributed by atoms with Crippen molar-refractivity contribution in [3.8, 4) is 0 Å². The monoisotopic (exact) mass is 114 g/mol. The second-order valence-corrected chi connectivity index (χ2v) is 2.91. The number of hydrogen-bond acceptors (Lipinski definition) is 2. The van der Waals surface area contributed by atoms with Gasteiger partial charge in [0.15, 0.2) is 0 Å². The molecular formula is C6H14N2. The minimum atomic E-state index is -0.347. The molecule has 0 bridgehead atoms. The van der Waals surface area contributed by atoms with Crippen molar-refractivity contribution >= 4 is 0 Å². The van der Waals surface area contributed by atoms with Gasteiger partial charge >= 0.3 is 0 Å². The van der Waals surface area contributed by atoms with E-state index in [9.17, 15) is 0 Å². The summed E-state index contributed by atoms with van der Waals surface area (Å²) in [6, 6.07) is 0. The minimum absolute atomic E-state index is 0.347. The fraction of sp³-hybridized carbons (Fsp3) is 1.00. The fourth-order valence-corrected chi connectivity index (χ4v) is 1.23. The lowest BCUT2D eigenvalue weighted by atomic mass is 10.0. The molecular weight excluding hydrogens is 100 g/mol. The Kier molecular flexibility index (Phi) is 1.29. The highest BCUT2D eigenvalue weighted by Gasteiger charge is 2.31. The molecule has 8 heavy (non-hydrogen) atoms. The summed E-state index contributed by atoms with van der Waals surface area (Å²) >= 11 is 0. The fourth-order valence-electron chi connectivity index (χ4n) is 1.23. The van der Waals surface area contributed by atoms with Crippen LogP contribution in [0.4, 0.5) is 0 Å². The molecule has 1 atom stereocenters. The third-order valence-electron chi connectivity index (χ3n) is 2.16. The van der Waals surface area contributed by atoms with Gasteiger partial charge in [0.1, 0.15) is 0 Å². The highest BCUT2D eigenvalue weighted by molar-refractivity contribution is 4.88. The maximum absolute atomic E-state index is 5.70. The number of nitrogens with two attached hydrogens (primary N) is 2. The molecule has 0 radical (unpaired) electrons. The van der Waals surface area contributed by atoms with Crippen LogP contribution >= 0.6 is 0 Å². The van der Waals surface area contributed by atoms with Gasteiger partial charge in [-0.05, 0) is 25.2 Å². The lowest BCUT2D eigenvalue weighted by Crippen LogP contribution is -2.51. The van der Waals surface area contributed by atoms with Gasteiger partial charge in [-0.2, -0.15) is 0 Å². The van der Waals surface area contributed by atoms with Crippen LogP contribution in [0.25, 0.3) is 0 Å². The summed E-state index contributed by atoms with van der Waals surface area (Å²) in [5.74, 6) is 0.516. The average Bonchev–Trinajstić information content (AvgIpc) is 1.86. The first-order chi connectivity index (χ1) is 3.63. The number of rotatable bonds is 0. The Balaban J connectivity index is 2.54. The molecule has 1 aliphatic carbocycles. The van der Waals surface area contributed by atoms with E-state index in [1.54, 1.807) is 0 Å². The Morgan fingerprint density at radius 1 is 1.50 bits per heavy atom. The molecule has 0 heterocycles. The Hall–Kier alpha value is -0.0800. The van der Waals surface area contributed by atoms with Crippen LogP contribution in [0.3, 0.4) is 0 Å². The largest absolute Gasteiger partial charge is 0.313 e. The van der Waals surface area contributed by atoms with Gasteiger partial charge in [-0.1, -0.05) is 6.92 Å². The van der Waals surface area contributed by atoms with E-state index in [2.05, 4.69) is 6.92 Å². The van der Waals surface area contributed by atoms with E-state index in [0.29, 0.717) is 5.92 Å². The zero-order valence-electron chi connectivity index (χ0n) is 5.35. The Bertz CT molecular complexity index is 88.5. The number of hydrogen-bond donors (Lipinski definition) is 2. The van der Waals surface area contributed by atoms with Gasteiger partial charge in [0.25, 0.3) is 0 Å². The SMILES string of the molecule is CC1CCCC1(N)N. The second kappa shape index (κ2) is 1.71. The van der Waals surface area contributed by atoms with Crippen molar-refractivity contribution in [2.45, 2.75) is 31.8 Å². The molecule has 1 saturated carbocycles. The summed E-state index contributed by atoms with van der Waals surface area (Å²) in [5, 5.41) is 0. The van der Waals surface area contributed by atoms with Gasteiger partial charge in [-0.3, -0.25) is 0 Å². The molecule has 4 N–H and O–H groups in total. The maximum atomic E-state index is 5.70. The molecule has 2 nitrogen and oxygen atoms in total. The average molecular weight is 114 g/mol. The zero-order chi connectivity index (χ0) is 6.20. The standard InChI is InChI=1S/C6H14N2/c1-5-3-2-4-6(5,7)8/h5H,2-4,7-8H2,1H3. The summed E-state index contributed by atoms with van der Waals surface area (Å²) in [5.41, 5.74) is 11.1. The van der Waals surface area contributed by atoms with Crippen molar-refractivity contribution in [1.29, 1.82) is 0 Å². The van der Waals surface area contributed by atoms with E-state index < -0.39 is 0 Å². The summed E-state index contributed by atoms with van der Waals surface area (Å²) < 4.78 is 0. The van der Waals surface area contributed by atoms with Crippen molar-refractivity contribution in [1.82, 2.24) is 0 Å². The molecule has 1 unspecified atom stereocenters. The molecule has 0 spiro atoms. The Labute approximate surface area is 50.2 Å². The molecule has 48 valence electrons. The third kappa shape index (κ3) is 0.858. The Morgan fingerprint density at radius 2 is 2.12 bits per heavy atom. The summed E-state index contributed by atoms with van der Waals surface area (Å²) in [4.78, 5) is 0. The normalized spacial score (nSPS) is 35.6. The summed E-state index contributed by atoms with van der Waals surface area (Å²) in [7, 11) is 0. The molecule has 2 heteroatoms. The lowest BCUT2D eigenvalue weighted by Gasteiger charge is -2.22. The molecule has 0 aromatic carbocycles. The van der Waals surface area contributed by atoms with Gasteiger partial charge in [0.05, 0.1) is 5.66 Å². The van der Waals surface area contributed by atoms with Crippen LogP contribution in [0, 0.1) is 5.92 Å². The maximum Gasteiger partial charge on any atom is 0.0662 e. The van der Waals surface area contributed by atoms with Crippen LogP contribution in [0.1, 0.15) is 26.2 Å². The van der Waals surface area contributed by atoms with Crippen molar-refractivity contribution in [3.63, 3.8) is 0 Å². The molecule has 0 aromatic heterocycles. The van der Waals surface area contributed by atoms with Crippen molar-refractivity contribution in [3.05, 3.63) is 0 Å². The minimum Gasteiger partial charge on any atom is -0.313 e. The Morgan fingerprint density at radius 3 is 2.25 bits per heavy atom. The van der Waals surface area contributed by atoms with E-state index in [4.69, 9.17) is 11.5 Å².